The first-order valence-electron chi connectivity index (χ1n) is 5.92. The lowest BCUT2D eigenvalue weighted by Crippen LogP contribution is -2.29. The van der Waals surface area contributed by atoms with Gasteiger partial charge in [0.2, 0.25) is 0 Å². The molecule has 0 bridgehead atoms. The molecular formula is C13H16FNO4. The number of carbonyl (C=O) groups is 2. The Hall–Kier alpha value is -2.11. The number of hydrogen-bond acceptors (Lipinski definition) is 5. The van der Waals surface area contributed by atoms with Crippen molar-refractivity contribution in [3.05, 3.63) is 29.6 Å². The van der Waals surface area contributed by atoms with Crippen molar-refractivity contribution in [3.8, 4) is 0 Å². The maximum atomic E-state index is 13.5. The minimum absolute atomic E-state index is 0.184. The number of nitrogens with two attached hydrogens (primary N) is 1. The Morgan fingerprint density at radius 3 is 2.58 bits per heavy atom. The van der Waals surface area contributed by atoms with E-state index in [2.05, 4.69) is 0 Å². The molecule has 0 heterocycles. The molecule has 0 saturated carbocycles. The van der Waals surface area contributed by atoms with E-state index >= 15 is 0 Å². The van der Waals surface area contributed by atoms with Gasteiger partial charge in [-0.15, -0.1) is 0 Å². The van der Waals surface area contributed by atoms with Crippen LogP contribution in [0.1, 0.15) is 30.6 Å². The molecule has 0 aromatic heterocycles. The van der Waals surface area contributed by atoms with E-state index in [-0.39, 0.29) is 24.3 Å². The summed E-state index contributed by atoms with van der Waals surface area (Å²) >= 11 is 0. The number of anilines is 1. The van der Waals surface area contributed by atoms with Crippen LogP contribution < -0.4 is 5.73 Å². The second kappa shape index (κ2) is 6.72. The van der Waals surface area contributed by atoms with E-state index in [9.17, 15) is 14.0 Å². The quantitative estimate of drug-likeness (QED) is 0.652. The summed E-state index contributed by atoms with van der Waals surface area (Å²) in [5, 5.41) is 0. The standard InChI is InChI=1S/C13H16FNO4/c1-3-11(13(17)18-4-2)19-12(16)9-6-5-8(15)7-10(9)14/h5-7,11H,3-4,15H2,1-2H3. The van der Waals surface area contributed by atoms with Crippen LogP contribution in [0.15, 0.2) is 18.2 Å². The SMILES string of the molecule is CCOC(=O)C(CC)OC(=O)c1ccc(N)cc1F. The number of esters is 2. The molecular weight excluding hydrogens is 253 g/mol. The topological polar surface area (TPSA) is 78.6 Å². The number of hydrogen-bond donors (Lipinski definition) is 1. The van der Waals surface area contributed by atoms with Gasteiger partial charge in [-0.25, -0.2) is 14.0 Å². The molecule has 6 heteroatoms. The lowest BCUT2D eigenvalue weighted by molar-refractivity contribution is -0.153. The van der Waals surface area contributed by atoms with Gasteiger partial charge in [-0.3, -0.25) is 0 Å². The molecule has 5 nitrogen and oxygen atoms in total. The highest BCUT2D eigenvalue weighted by molar-refractivity contribution is 5.92. The summed E-state index contributed by atoms with van der Waals surface area (Å²) in [6.45, 7) is 3.49. The monoisotopic (exact) mass is 269 g/mol. The van der Waals surface area contributed by atoms with Gasteiger partial charge in [0.15, 0.2) is 6.10 Å². The van der Waals surface area contributed by atoms with Crippen LogP contribution in [-0.4, -0.2) is 24.6 Å². The van der Waals surface area contributed by atoms with Gasteiger partial charge in [-0.1, -0.05) is 6.92 Å². The van der Waals surface area contributed by atoms with Crippen molar-refractivity contribution in [2.45, 2.75) is 26.4 Å². The lowest BCUT2D eigenvalue weighted by Gasteiger charge is -2.14. The van der Waals surface area contributed by atoms with Crippen LogP contribution in [-0.2, 0) is 14.3 Å². The molecule has 0 amide bonds. The highest BCUT2D eigenvalue weighted by atomic mass is 19.1. The zero-order valence-corrected chi connectivity index (χ0v) is 10.8. The van der Waals surface area contributed by atoms with Gasteiger partial charge in [0, 0.05) is 5.69 Å². The molecule has 1 aromatic carbocycles. The van der Waals surface area contributed by atoms with Crippen molar-refractivity contribution in [1.29, 1.82) is 0 Å². The average Bonchev–Trinajstić information content (AvgIpc) is 2.35. The third kappa shape index (κ3) is 3.94. The van der Waals surface area contributed by atoms with E-state index in [0.717, 1.165) is 6.07 Å². The van der Waals surface area contributed by atoms with Crippen LogP contribution in [0.2, 0.25) is 0 Å². The minimum atomic E-state index is -1.04. The maximum Gasteiger partial charge on any atom is 0.347 e. The Morgan fingerprint density at radius 2 is 2.05 bits per heavy atom. The van der Waals surface area contributed by atoms with E-state index < -0.39 is 23.9 Å². The number of rotatable bonds is 5. The second-order valence-electron chi connectivity index (χ2n) is 3.79. The van der Waals surface area contributed by atoms with Crippen molar-refractivity contribution < 1.29 is 23.5 Å². The fourth-order valence-electron chi connectivity index (χ4n) is 1.42. The first-order valence-corrected chi connectivity index (χ1v) is 5.92. The number of carbonyl (C=O) groups excluding carboxylic acids is 2. The van der Waals surface area contributed by atoms with E-state index in [1.807, 2.05) is 0 Å². The van der Waals surface area contributed by atoms with E-state index in [1.54, 1.807) is 13.8 Å². The first kappa shape index (κ1) is 14.9. The van der Waals surface area contributed by atoms with Gasteiger partial charge in [-0.05, 0) is 31.5 Å². The summed E-state index contributed by atoms with van der Waals surface area (Å²) in [5.41, 5.74) is 5.31. The maximum absolute atomic E-state index is 13.5. The predicted molar refractivity (Wildman–Crippen MR) is 66.9 cm³/mol. The molecule has 1 aromatic rings. The number of nitrogen functional groups attached to an aromatic ring is 1. The number of ether oxygens (including phenoxy) is 2. The number of benzene rings is 1. The molecule has 0 saturated heterocycles. The van der Waals surface area contributed by atoms with Crippen LogP contribution in [0.25, 0.3) is 0 Å². The predicted octanol–water partition coefficient (Wildman–Crippen LogP) is 1.91. The zero-order chi connectivity index (χ0) is 14.4. The average molecular weight is 269 g/mol. The molecule has 19 heavy (non-hydrogen) atoms. The Bertz CT molecular complexity index is 476. The molecule has 0 aliphatic heterocycles. The Morgan fingerprint density at radius 1 is 1.37 bits per heavy atom. The summed E-state index contributed by atoms with van der Waals surface area (Å²) in [4.78, 5) is 23.2. The minimum Gasteiger partial charge on any atom is -0.463 e. The third-order valence-electron chi connectivity index (χ3n) is 2.38. The van der Waals surface area contributed by atoms with E-state index in [0.29, 0.717) is 0 Å². The van der Waals surface area contributed by atoms with Gasteiger partial charge in [0.1, 0.15) is 5.82 Å². The molecule has 0 aliphatic rings. The molecule has 1 rings (SSSR count). The normalized spacial score (nSPS) is 11.7. The fraction of sp³-hybridized carbons (Fsp3) is 0.385. The highest BCUT2D eigenvalue weighted by Crippen LogP contribution is 2.14. The van der Waals surface area contributed by atoms with Crippen LogP contribution in [0.4, 0.5) is 10.1 Å². The van der Waals surface area contributed by atoms with Crippen molar-refractivity contribution in [2.75, 3.05) is 12.3 Å². The molecule has 0 radical (unpaired) electrons. The van der Waals surface area contributed by atoms with Crippen LogP contribution in [0.5, 0.6) is 0 Å². The molecule has 0 fully saturated rings. The summed E-state index contributed by atoms with van der Waals surface area (Å²) in [6.07, 6.45) is -0.786. The Kier molecular flexibility index (Phi) is 5.29. The molecule has 1 atom stereocenters. The van der Waals surface area contributed by atoms with Crippen LogP contribution in [0.3, 0.4) is 0 Å². The zero-order valence-electron chi connectivity index (χ0n) is 10.8. The van der Waals surface area contributed by atoms with Crippen LogP contribution >= 0.6 is 0 Å². The second-order valence-corrected chi connectivity index (χ2v) is 3.79. The summed E-state index contributed by atoms with van der Waals surface area (Å²) in [5.74, 6) is -2.35. The Labute approximate surface area is 110 Å². The summed E-state index contributed by atoms with van der Waals surface area (Å²) < 4.78 is 23.2. The molecule has 0 spiro atoms. The first-order chi connectivity index (χ1) is 8.99. The third-order valence-corrected chi connectivity index (χ3v) is 2.38. The largest absolute Gasteiger partial charge is 0.463 e. The molecule has 2 N–H and O–H groups in total. The van der Waals surface area contributed by atoms with Crippen LogP contribution in [0, 0.1) is 5.82 Å². The van der Waals surface area contributed by atoms with E-state index in [4.69, 9.17) is 15.2 Å². The fourth-order valence-corrected chi connectivity index (χ4v) is 1.42. The smallest absolute Gasteiger partial charge is 0.347 e. The van der Waals surface area contributed by atoms with Gasteiger partial charge < -0.3 is 15.2 Å². The molecule has 1 unspecified atom stereocenters. The van der Waals surface area contributed by atoms with Gasteiger partial charge in [-0.2, -0.15) is 0 Å². The van der Waals surface area contributed by atoms with Gasteiger partial charge in [0.05, 0.1) is 12.2 Å². The summed E-state index contributed by atoms with van der Waals surface area (Å²) in [6, 6.07) is 3.61. The van der Waals surface area contributed by atoms with E-state index in [1.165, 1.54) is 12.1 Å². The van der Waals surface area contributed by atoms with Crippen molar-refractivity contribution in [1.82, 2.24) is 0 Å². The highest BCUT2D eigenvalue weighted by Gasteiger charge is 2.24. The van der Waals surface area contributed by atoms with Crippen molar-refractivity contribution >= 4 is 17.6 Å². The number of halogens is 1. The van der Waals surface area contributed by atoms with Gasteiger partial charge >= 0.3 is 11.9 Å². The van der Waals surface area contributed by atoms with Crippen molar-refractivity contribution in [2.24, 2.45) is 0 Å². The van der Waals surface area contributed by atoms with Crippen molar-refractivity contribution in [3.63, 3.8) is 0 Å². The molecule has 0 aliphatic carbocycles. The lowest BCUT2D eigenvalue weighted by atomic mass is 10.2. The summed E-state index contributed by atoms with van der Waals surface area (Å²) in [7, 11) is 0. The Balaban J connectivity index is 2.80. The molecule has 104 valence electrons. The van der Waals surface area contributed by atoms with Gasteiger partial charge in [0.25, 0.3) is 0 Å².